The number of aromatic nitrogens is 2. The number of hydrogen-bond donors (Lipinski definition) is 1. The molecule has 0 spiro atoms. The number of nitrogens with zero attached hydrogens (tertiary/aromatic N) is 2. The molecule has 0 aliphatic rings. The summed E-state index contributed by atoms with van der Waals surface area (Å²) in [5.74, 6) is 0. The van der Waals surface area contributed by atoms with Crippen molar-refractivity contribution in [3.05, 3.63) is 63.1 Å². The van der Waals surface area contributed by atoms with Crippen LogP contribution in [0.25, 0.3) is 0 Å². The maximum atomic E-state index is 12.6. The van der Waals surface area contributed by atoms with Crippen LogP contribution in [0.1, 0.15) is 28.5 Å². The minimum Gasteiger partial charge on any atom is -0.386 e. The van der Waals surface area contributed by atoms with Crippen molar-refractivity contribution in [1.29, 1.82) is 0 Å². The molecular formula is C15H15F3N2O2. The molecule has 0 saturated carbocycles. The van der Waals surface area contributed by atoms with Gasteiger partial charge < -0.3 is 5.11 Å². The molecular weight excluding hydrogens is 297 g/mol. The molecule has 0 aliphatic heterocycles. The van der Waals surface area contributed by atoms with Crippen LogP contribution in [0.3, 0.4) is 0 Å². The fourth-order valence-electron chi connectivity index (χ4n) is 2.11. The SMILES string of the molecule is Cc1ccc(C)c(C(O)Cn2nc(C(F)(F)F)ccc2=O)c1. The summed E-state index contributed by atoms with van der Waals surface area (Å²) in [6, 6.07) is 6.82. The molecule has 22 heavy (non-hydrogen) atoms. The first kappa shape index (κ1) is 16.2. The summed E-state index contributed by atoms with van der Waals surface area (Å²) >= 11 is 0. The number of aliphatic hydroxyl groups excluding tert-OH is 1. The van der Waals surface area contributed by atoms with Gasteiger partial charge in [0.15, 0.2) is 5.69 Å². The Hall–Kier alpha value is -2.15. The highest BCUT2D eigenvalue weighted by Gasteiger charge is 2.33. The van der Waals surface area contributed by atoms with E-state index < -0.39 is 23.5 Å². The van der Waals surface area contributed by atoms with Crippen molar-refractivity contribution >= 4 is 0 Å². The third-order valence-electron chi connectivity index (χ3n) is 3.30. The van der Waals surface area contributed by atoms with Crippen LogP contribution in [0.5, 0.6) is 0 Å². The standard InChI is InChI=1S/C15H15F3N2O2/c1-9-3-4-10(2)11(7-9)12(21)8-20-14(22)6-5-13(19-20)15(16,17)18/h3-7,12,21H,8H2,1-2H3. The van der Waals surface area contributed by atoms with Gasteiger partial charge in [-0.15, -0.1) is 0 Å². The van der Waals surface area contributed by atoms with Gasteiger partial charge in [0, 0.05) is 6.07 Å². The lowest BCUT2D eigenvalue weighted by Gasteiger charge is -2.16. The van der Waals surface area contributed by atoms with Crippen molar-refractivity contribution in [2.75, 3.05) is 0 Å². The number of rotatable bonds is 3. The molecule has 0 radical (unpaired) electrons. The quantitative estimate of drug-likeness (QED) is 0.948. The van der Waals surface area contributed by atoms with Crippen LogP contribution in [0.4, 0.5) is 13.2 Å². The van der Waals surface area contributed by atoms with Gasteiger partial charge in [0.1, 0.15) is 0 Å². The second-order valence-corrected chi connectivity index (χ2v) is 5.11. The summed E-state index contributed by atoms with van der Waals surface area (Å²) in [6.07, 6.45) is -5.76. The van der Waals surface area contributed by atoms with E-state index in [1.807, 2.05) is 13.0 Å². The van der Waals surface area contributed by atoms with Gasteiger partial charge in [0.05, 0.1) is 12.6 Å². The molecule has 0 bridgehead atoms. The van der Waals surface area contributed by atoms with Gasteiger partial charge >= 0.3 is 6.18 Å². The second kappa shape index (κ2) is 5.92. The topological polar surface area (TPSA) is 55.1 Å². The van der Waals surface area contributed by atoms with Gasteiger partial charge in [-0.1, -0.05) is 23.8 Å². The van der Waals surface area contributed by atoms with Gasteiger partial charge in [0.25, 0.3) is 5.56 Å². The zero-order valence-electron chi connectivity index (χ0n) is 12.1. The normalized spacial score (nSPS) is 13.2. The minimum atomic E-state index is -4.64. The molecule has 1 aromatic carbocycles. The van der Waals surface area contributed by atoms with Crippen LogP contribution in [0.2, 0.25) is 0 Å². The number of hydrogen-bond acceptors (Lipinski definition) is 3. The van der Waals surface area contributed by atoms with Crippen molar-refractivity contribution < 1.29 is 18.3 Å². The van der Waals surface area contributed by atoms with E-state index in [0.29, 0.717) is 16.3 Å². The number of aryl methyl sites for hydroxylation is 2. The van der Waals surface area contributed by atoms with E-state index in [1.165, 1.54) is 0 Å². The highest BCUT2D eigenvalue weighted by atomic mass is 19.4. The van der Waals surface area contributed by atoms with Crippen molar-refractivity contribution in [2.24, 2.45) is 0 Å². The second-order valence-electron chi connectivity index (χ2n) is 5.11. The maximum absolute atomic E-state index is 12.6. The predicted octanol–water partition coefficient (Wildman–Crippen LogP) is 2.61. The summed E-state index contributed by atoms with van der Waals surface area (Å²) in [5, 5.41) is 13.5. The molecule has 118 valence electrons. The molecule has 0 aliphatic carbocycles. The Morgan fingerprint density at radius 1 is 1.23 bits per heavy atom. The first-order valence-corrected chi connectivity index (χ1v) is 6.59. The zero-order chi connectivity index (χ0) is 16.5. The lowest BCUT2D eigenvalue weighted by Crippen LogP contribution is -2.28. The molecule has 0 saturated heterocycles. The van der Waals surface area contributed by atoms with Crippen molar-refractivity contribution in [3.63, 3.8) is 0 Å². The summed E-state index contributed by atoms with van der Waals surface area (Å²) in [4.78, 5) is 11.6. The molecule has 2 rings (SSSR count). The molecule has 0 amide bonds. The Bertz CT molecular complexity index is 738. The summed E-state index contributed by atoms with van der Waals surface area (Å²) in [6.45, 7) is 3.28. The monoisotopic (exact) mass is 312 g/mol. The molecule has 2 aromatic rings. The predicted molar refractivity (Wildman–Crippen MR) is 74.4 cm³/mol. The Kier molecular flexibility index (Phi) is 4.37. The Labute approximate surface area is 124 Å². The van der Waals surface area contributed by atoms with E-state index in [1.54, 1.807) is 19.1 Å². The number of alkyl halides is 3. The van der Waals surface area contributed by atoms with E-state index in [0.717, 1.165) is 17.2 Å². The van der Waals surface area contributed by atoms with E-state index in [2.05, 4.69) is 5.10 Å². The molecule has 1 N–H and O–H groups in total. The highest BCUT2D eigenvalue weighted by Crippen LogP contribution is 2.26. The Morgan fingerprint density at radius 2 is 1.91 bits per heavy atom. The Morgan fingerprint density at radius 3 is 2.55 bits per heavy atom. The largest absolute Gasteiger partial charge is 0.435 e. The fourth-order valence-corrected chi connectivity index (χ4v) is 2.11. The molecule has 1 atom stereocenters. The van der Waals surface area contributed by atoms with Gasteiger partial charge in [-0.25, -0.2) is 4.68 Å². The van der Waals surface area contributed by atoms with Crippen LogP contribution >= 0.6 is 0 Å². The van der Waals surface area contributed by atoms with Crippen LogP contribution < -0.4 is 5.56 Å². The maximum Gasteiger partial charge on any atom is 0.435 e. The van der Waals surface area contributed by atoms with Crippen LogP contribution in [-0.4, -0.2) is 14.9 Å². The molecule has 1 heterocycles. The van der Waals surface area contributed by atoms with Gasteiger partial charge in [-0.3, -0.25) is 4.79 Å². The van der Waals surface area contributed by atoms with Gasteiger partial charge in [-0.05, 0) is 31.0 Å². The highest BCUT2D eigenvalue weighted by molar-refractivity contribution is 5.32. The third-order valence-corrected chi connectivity index (χ3v) is 3.30. The van der Waals surface area contributed by atoms with Gasteiger partial charge in [-0.2, -0.15) is 18.3 Å². The summed E-state index contributed by atoms with van der Waals surface area (Å²) in [5.41, 5.74) is 0.394. The summed E-state index contributed by atoms with van der Waals surface area (Å²) < 4.78 is 38.5. The van der Waals surface area contributed by atoms with E-state index in [4.69, 9.17) is 0 Å². The third kappa shape index (κ3) is 3.54. The number of aliphatic hydroxyl groups is 1. The molecule has 1 unspecified atom stereocenters. The van der Waals surface area contributed by atoms with Crippen LogP contribution in [0.15, 0.2) is 35.1 Å². The molecule has 1 aromatic heterocycles. The molecule has 4 nitrogen and oxygen atoms in total. The van der Waals surface area contributed by atoms with Gasteiger partial charge in [0.2, 0.25) is 0 Å². The van der Waals surface area contributed by atoms with E-state index in [9.17, 15) is 23.1 Å². The first-order chi connectivity index (χ1) is 10.2. The minimum absolute atomic E-state index is 0.340. The van der Waals surface area contributed by atoms with Crippen LogP contribution in [0, 0.1) is 13.8 Å². The Balaban J connectivity index is 2.34. The average molecular weight is 312 g/mol. The van der Waals surface area contributed by atoms with Crippen molar-refractivity contribution in [2.45, 2.75) is 32.7 Å². The van der Waals surface area contributed by atoms with E-state index in [-0.39, 0.29) is 6.54 Å². The molecule has 7 heteroatoms. The van der Waals surface area contributed by atoms with Crippen LogP contribution in [-0.2, 0) is 12.7 Å². The van der Waals surface area contributed by atoms with Crippen molar-refractivity contribution in [1.82, 2.24) is 9.78 Å². The first-order valence-electron chi connectivity index (χ1n) is 6.59. The average Bonchev–Trinajstić information content (AvgIpc) is 2.42. The number of benzene rings is 1. The smallest absolute Gasteiger partial charge is 0.386 e. The van der Waals surface area contributed by atoms with Crippen molar-refractivity contribution in [3.8, 4) is 0 Å². The van der Waals surface area contributed by atoms with E-state index >= 15 is 0 Å². The lowest BCUT2D eigenvalue weighted by atomic mass is 10.0. The fraction of sp³-hybridized carbons (Fsp3) is 0.333. The summed E-state index contributed by atoms with van der Waals surface area (Å²) in [7, 11) is 0. The number of halogens is 3. The zero-order valence-corrected chi connectivity index (χ0v) is 12.1. The lowest BCUT2D eigenvalue weighted by molar-refractivity contribution is -0.142. The molecule has 0 fully saturated rings.